The molecule has 1 atom stereocenters. The van der Waals surface area contributed by atoms with Crippen LogP contribution in [0.3, 0.4) is 0 Å². The van der Waals surface area contributed by atoms with E-state index in [4.69, 9.17) is 0 Å². The van der Waals surface area contributed by atoms with Crippen molar-refractivity contribution < 1.29 is 4.79 Å². The zero-order valence-electron chi connectivity index (χ0n) is 9.60. The van der Waals surface area contributed by atoms with Crippen LogP contribution in [-0.4, -0.2) is 35.8 Å². The molecule has 1 aromatic heterocycles. The van der Waals surface area contributed by atoms with Gasteiger partial charge in [-0.3, -0.25) is 14.7 Å². The highest BCUT2D eigenvalue weighted by molar-refractivity contribution is 5.81. The monoisotopic (exact) mass is 206 g/mol. The van der Waals surface area contributed by atoms with Gasteiger partial charge in [-0.05, 0) is 45.5 Å². The van der Waals surface area contributed by atoms with Crippen LogP contribution in [0.4, 0.5) is 0 Å². The molecule has 15 heavy (non-hydrogen) atoms. The molecule has 0 saturated heterocycles. The molecule has 0 unspecified atom stereocenters. The van der Waals surface area contributed by atoms with Gasteiger partial charge in [0.1, 0.15) is 5.78 Å². The number of nitrogens with zero attached hydrogens (tertiary/aromatic N) is 2. The molecule has 0 spiro atoms. The third-order valence-corrected chi connectivity index (χ3v) is 2.52. The van der Waals surface area contributed by atoms with E-state index in [1.807, 2.05) is 37.3 Å². The van der Waals surface area contributed by atoms with Crippen LogP contribution in [0, 0.1) is 0 Å². The van der Waals surface area contributed by atoms with Crippen molar-refractivity contribution in [2.24, 2.45) is 0 Å². The van der Waals surface area contributed by atoms with Crippen LogP contribution >= 0.6 is 0 Å². The second-order valence-corrected chi connectivity index (χ2v) is 3.99. The summed E-state index contributed by atoms with van der Waals surface area (Å²) in [5.74, 6) is 0.226. The second kappa shape index (κ2) is 5.61. The van der Waals surface area contributed by atoms with Gasteiger partial charge in [0, 0.05) is 12.4 Å². The SMILES string of the molecule is CC(=O)[C@H](CCc1cccnc1)N(C)C. The predicted molar refractivity (Wildman–Crippen MR) is 60.7 cm³/mol. The molecule has 3 nitrogen and oxygen atoms in total. The van der Waals surface area contributed by atoms with Gasteiger partial charge in [-0.15, -0.1) is 0 Å². The number of pyridine rings is 1. The molecular formula is C12H18N2O. The Hall–Kier alpha value is -1.22. The minimum atomic E-state index is 0.0187. The number of hydrogen-bond acceptors (Lipinski definition) is 3. The lowest BCUT2D eigenvalue weighted by Crippen LogP contribution is -2.34. The molecule has 0 amide bonds. The summed E-state index contributed by atoms with van der Waals surface area (Å²) in [6.07, 6.45) is 5.37. The first-order valence-electron chi connectivity index (χ1n) is 5.17. The Bertz CT molecular complexity index is 309. The zero-order valence-corrected chi connectivity index (χ0v) is 9.60. The molecule has 0 aromatic carbocycles. The quantitative estimate of drug-likeness (QED) is 0.732. The van der Waals surface area contributed by atoms with Gasteiger partial charge in [0.2, 0.25) is 0 Å². The normalized spacial score (nSPS) is 12.8. The van der Waals surface area contributed by atoms with Crippen LogP contribution in [0.15, 0.2) is 24.5 Å². The lowest BCUT2D eigenvalue weighted by Gasteiger charge is -2.21. The molecule has 3 heteroatoms. The molecule has 1 aromatic rings. The summed E-state index contributed by atoms with van der Waals surface area (Å²) in [7, 11) is 3.88. The first-order valence-corrected chi connectivity index (χ1v) is 5.17. The molecule has 0 N–H and O–H groups in total. The second-order valence-electron chi connectivity index (χ2n) is 3.99. The van der Waals surface area contributed by atoms with Crippen LogP contribution in [-0.2, 0) is 11.2 Å². The van der Waals surface area contributed by atoms with E-state index in [9.17, 15) is 4.79 Å². The Kier molecular flexibility index (Phi) is 4.43. The minimum absolute atomic E-state index is 0.0187. The summed E-state index contributed by atoms with van der Waals surface area (Å²) in [5, 5.41) is 0. The van der Waals surface area contributed by atoms with Crippen molar-refractivity contribution in [1.82, 2.24) is 9.88 Å². The van der Waals surface area contributed by atoms with Gasteiger partial charge in [0.25, 0.3) is 0 Å². The largest absolute Gasteiger partial charge is 0.300 e. The van der Waals surface area contributed by atoms with Crippen molar-refractivity contribution in [2.45, 2.75) is 25.8 Å². The van der Waals surface area contributed by atoms with Crippen molar-refractivity contribution in [2.75, 3.05) is 14.1 Å². The third kappa shape index (κ3) is 3.80. The Balaban J connectivity index is 2.51. The first kappa shape index (κ1) is 11.9. The number of likely N-dealkylation sites (N-methyl/N-ethyl adjacent to an activating group) is 1. The van der Waals surface area contributed by atoms with Crippen molar-refractivity contribution in [1.29, 1.82) is 0 Å². The molecule has 0 aliphatic carbocycles. The molecular weight excluding hydrogens is 188 g/mol. The summed E-state index contributed by atoms with van der Waals surface area (Å²) in [6, 6.07) is 3.98. The van der Waals surface area contributed by atoms with E-state index in [1.54, 1.807) is 13.1 Å². The fourth-order valence-corrected chi connectivity index (χ4v) is 1.67. The van der Waals surface area contributed by atoms with Gasteiger partial charge >= 0.3 is 0 Å². The molecule has 0 aliphatic rings. The summed E-state index contributed by atoms with van der Waals surface area (Å²) in [6.45, 7) is 1.65. The number of hydrogen-bond donors (Lipinski definition) is 0. The molecule has 0 saturated carbocycles. The fraction of sp³-hybridized carbons (Fsp3) is 0.500. The maximum absolute atomic E-state index is 11.3. The average Bonchev–Trinajstić information content (AvgIpc) is 2.18. The van der Waals surface area contributed by atoms with Crippen LogP contribution < -0.4 is 0 Å². The smallest absolute Gasteiger partial charge is 0.146 e. The summed E-state index contributed by atoms with van der Waals surface area (Å²) in [5.41, 5.74) is 1.19. The van der Waals surface area contributed by atoms with Gasteiger partial charge in [0.05, 0.1) is 6.04 Å². The highest BCUT2D eigenvalue weighted by Gasteiger charge is 2.15. The van der Waals surface area contributed by atoms with Crippen molar-refractivity contribution in [3.63, 3.8) is 0 Å². The van der Waals surface area contributed by atoms with E-state index in [-0.39, 0.29) is 11.8 Å². The lowest BCUT2D eigenvalue weighted by molar-refractivity contribution is -0.121. The average molecular weight is 206 g/mol. The van der Waals surface area contributed by atoms with E-state index in [0.717, 1.165) is 12.8 Å². The van der Waals surface area contributed by atoms with Crippen molar-refractivity contribution in [3.05, 3.63) is 30.1 Å². The Morgan fingerprint density at radius 3 is 2.73 bits per heavy atom. The Morgan fingerprint density at radius 2 is 2.27 bits per heavy atom. The van der Waals surface area contributed by atoms with Gasteiger partial charge < -0.3 is 0 Å². The number of ketones is 1. The number of rotatable bonds is 5. The Labute approximate surface area is 91.1 Å². The molecule has 1 rings (SSSR count). The lowest BCUT2D eigenvalue weighted by atomic mass is 10.0. The highest BCUT2D eigenvalue weighted by atomic mass is 16.1. The molecule has 82 valence electrons. The van der Waals surface area contributed by atoms with Crippen LogP contribution in [0.1, 0.15) is 18.9 Å². The van der Waals surface area contributed by atoms with Gasteiger partial charge in [-0.2, -0.15) is 0 Å². The van der Waals surface area contributed by atoms with E-state index in [2.05, 4.69) is 4.98 Å². The minimum Gasteiger partial charge on any atom is -0.300 e. The van der Waals surface area contributed by atoms with Crippen LogP contribution in [0.25, 0.3) is 0 Å². The van der Waals surface area contributed by atoms with Gasteiger partial charge in [-0.1, -0.05) is 6.07 Å². The maximum Gasteiger partial charge on any atom is 0.146 e. The number of aryl methyl sites for hydroxylation is 1. The molecule has 0 fully saturated rings. The summed E-state index contributed by atoms with van der Waals surface area (Å²) >= 11 is 0. The molecule has 1 heterocycles. The van der Waals surface area contributed by atoms with E-state index in [1.165, 1.54) is 5.56 Å². The topological polar surface area (TPSA) is 33.2 Å². The first-order chi connectivity index (χ1) is 7.11. The zero-order chi connectivity index (χ0) is 11.3. The number of carbonyl (C=O) groups is 1. The molecule has 0 radical (unpaired) electrons. The van der Waals surface area contributed by atoms with E-state index >= 15 is 0 Å². The summed E-state index contributed by atoms with van der Waals surface area (Å²) < 4.78 is 0. The highest BCUT2D eigenvalue weighted by Crippen LogP contribution is 2.07. The molecule has 0 aliphatic heterocycles. The Morgan fingerprint density at radius 1 is 1.53 bits per heavy atom. The van der Waals surface area contributed by atoms with Crippen LogP contribution in [0.5, 0.6) is 0 Å². The number of Topliss-reactive ketones (excluding diaryl/α,β-unsaturated/α-hetero) is 1. The summed E-state index contributed by atoms with van der Waals surface area (Å²) in [4.78, 5) is 17.4. The fourth-order valence-electron chi connectivity index (χ4n) is 1.67. The molecule has 0 bridgehead atoms. The number of carbonyl (C=O) groups excluding carboxylic acids is 1. The maximum atomic E-state index is 11.3. The number of aromatic nitrogens is 1. The van der Waals surface area contributed by atoms with E-state index in [0.29, 0.717) is 0 Å². The standard InChI is InChI=1S/C12H18N2O/c1-10(15)12(14(2)3)7-6-11-5-4-8-13-9-11/h4-5,8-9,12H,6-7H2,1-3H3/t12-/m0/s1. The van der Waals surface area contributed by atoms with Crippen LogP contribution in [0.2, 0.25) is 0 Å². The van der Waals surface area contributed by atoms with Gasteiger partial charge in [0.15, 0.2) is 0 Å². The predicted octanol–water partition coefficient (Wildman–Crippen LogP) is 1.53. The van der Waals surface area contributed by atoms with Gasteiger partial charge in [-0.25, -0.2) is 0 Å². The third-order valence-electron chi connectivity index (χ3n) is 2.52. The van der Waals surface area contributed by atoms with E-state index < -0.39 is 0 Å². The van der Waals surface area contributed by atoms with Crippen molar-refractivity contribution >= 4 is 5.78 Å². The van der Waals surface area contributed by atoms with Crippen molar-refractivity contribution in [3.8, 4) is 0 Å².